The molecule has 8 heteroatoms. The van der Waals surface area contributed by atoms with Gasteiger partial charge in [0.25, 0.3) is 10.2 Å². The number of carbonyl (C=O) groups excluding carboxylic acids is 1. The van der Waals surface area contributed by atoms with Gasteiger partial charge in [-0.25, -0.2) is 0 Å². The van der Waals surface area contributed by atoms with Crippen LogP contribution in [0, 0.1) is 0 Å². The van der Waals surface area contributed by atoms with Gasteiger partial charge in [-0.1, -0.05) is 31.7 Å². The molecular weight excluding hydrogens is 346 g/mol. The fourth-order valence-electron chi connectivity index (χ4n) is 2.53. The number of benzene rings is 1. The van der Waals surface area contributed by atoms with Crippen LogP contribution in [0.4, 0.5) is 5.69 Å². The van der Waals surface area contributed by atoms with Crippen LogP contribution in [0.1, 0.15) is 24.8 Å². The minimum atomic E-state index is -3.69. The average Bonchev–Trinajstić information content (AvgIpc) is 3.05. The van der Waals surface area contributed by atoms with Crippen molar-refractivity contribution in [3.63, 3.8) is 0 Å². The van der Waals surface area contributed by atoms with E-state index in [9.17, 15) is 13.2 Å². The van der Waals surface area contributed by atoms with E-state index >= 15 is 0 Å². The summed E-state index contributed by atoms with van der Waals surface area (Å²) < 4.78 is 28.3. The van der Waals surface area contributed by atoms with Gasteiger partial charge in [0.1, 0.15) is 6.04 Å². The molecule has 2 unspecified atom stereocenters. The highest BCUT2D eigenvalue weighted by Gasteiger charge is 2.40. The quantitative estimate of drug-likeness (QED) is 0.875. The molecule has 24 heavy (non-hydrogen) atoms. The Hall–Kier alpha value is -1.74. The van der Waals surface area contributed by atoms with Crippen molar-refractivity contribution < 1.29 is 13.2 Å². The third-order valence-electron chi connectivity index (χ3n) is 3.80. The van der Waals surface area contributed by atoms with Crippen LogP contribution >= 0.6 is 11.3 Å². The Kier molecular flexibility index (Phi) is 5.76. The standard InChI is InChI=1S/C15H17N3O3S2.CH4/c1-18-13(15(19)16-11-6-3-2-4-7-11)10-12(17-23(18,20)21)14-8-5-9-22-14;/h2-9,12-13,17H,10H2,1H3,(H,16,19);1H4. The molecule has 1 aliphatic rings. The van der Waals surface area contributed by atoms with Crippen molar-refractivity contribution in [2.45, 2.75) is 25.9 Å². The second-order valence-corrected chi connectivity index (χ2v) is 8.05. The number of nitrogens with one attached hydrogen (secondary N) is 2. The number of hydrogen-bond acceptors (Lipinski definition) is 4. The van der Waals surface area contributed by atoms with E-state index < -0.39 is 16.3 Å². The zero-order valence-electron chi connectivity index (χ0n) is 12.5. The van der Waals surface area contributed by atoms with Gasteiger partial charge in [0.05, 0.1) is 6.04 Å². The van der Waals surface area contributed by atoms with Crippen molar-refractivity contribution >= 4 is 33.1 Å². The van der Waals surface area contributed by atoms with Gasteiger partial charge >= 0.3 is 0 Å². The molecule has 130 valence electrons. The first-order valence-corrected chi connectivity index (χ1v) is 9.44. The van der Waals surface area contributed by atoms with Gasteiger partial charge in [-0.05, 0) is 30.0 Å². The summed E-state index contributed by atoms with van der Waals surface area (Å²) in [6, 6.07) is 11.6. The molecule has 2 aromatic rings. The molecule has 0 bridgehead atoms. The summed E-state index contributed by atoms with van der Waals surface area (Å²) >= 11 is 1.47. The van der Waals surface area contributed by atoms with Crippen LogP contribution in [0.2, 0.25) is 0 Å². The summed E-state index contributed by atoms with van der Waals surface area (Å²) in [4.78, 5) is 13.4. The molecule has 1 saturated heterocycles. The molecule has 0 spiro atoms. The van der Waals surface area contributed by atoms with Crippen LogP contribution in [0.25, 0.3) is 0 Å². The second-order valence-electron chi connectivity index (χ2n) is 5.31. The lowest BCUT2D eigenvalue weighted by Gasteiger charge is -2.35. The monoisotopic (exact) mass is 367 g/mol. The van der Waals surface area contributed by atoms with Crippen molar-refractivity contribution in [2.75, 3.05) is 12.4 Å². The number of amides is 1. The van der Waals surface area contributed by atoms with Crippen LogP contribution in [-0.2, 0) is 15.0 Å². The van der Waals surface area contributed by atoms with Gasteiger partial charge in [-0.15, -0.1) is 11.3 Å². The lowest BCUT2D eigenvalue weighted by Crippen LogP contribution is -2.55. The van der Waals surface area contributed by atoms with E-state index in [0.717, 1.165) is 9.18 Å². The van der Waals surface area contributed by atoms with Crippen LogP contribution in [0.15, 0.2) is 47.8 Å². The number of thiophene rings is 1. The van der Waals surface area contributed by atoms with Gasteiger partial charge in [-0.2, -0.15) is 17.4 Å². The Morgan fingerprint density at radius 3 is 2.58 bits per heavy atom. The first-order chi connectivity index (χ1) is 11.0. The lowest BCUT2D eigenvalue weighted by atomic mass is 10.1. The maximum absolute atomic E-state index is 12.5. The maximum atomic E-state index is 12.5. The van der Waals surface area contributed by atoms with Gasteiger partial charge in [-0.3, -0.25) is 4.79 Å². The minimum Gasteiger partial charge on any atom is -0.325 e. The van der Waals surface area contributed by atoms with E-state index in [-0.39, 0.29) is 19.4 Å². The highest BCUT2D eigenvalue weighted by atomic mass is 32.2. The molecule has 1 fully saturated rings. The molecule has 2 heterocycles. The van der Waals surface area contributed by atoms with E-state index in [1.165, 1.54) is 18.4 Å². The average molecular weight is 367 g/mol. The summed E-state index contributed by atoms with van der Waals surface area (Å²) in [6.45, 7) is 0. The van der Waals surface area contributed by atoms with E-state index in [1.807, 2.05) is 35.7 Å². The summed E-state index contributed by atoms with van der Waals surface area (Å²) in [5.74, 6) is -0.328. The van der Waals surface area contributed by atoms with Crippen LogP contribution in [0.3, 0.4) is 0 Å². The first kappa shape index (κ1) is 18.6. The number of anilines is 1. The maximum Gasteiger partial charge on any atom is 0.280 e. The molecule has 0 radical (unpaired) electrons. The topological polar surface area (TPSA) is 78.5 Å². The van der Waals surface area contributed by atoms with Crippen molar-refractivity contribution in [3.8, 4) is 0 Å². The molecule has 3 rings (SSSR count). The van der Waals surface area contributed by atoms with Crippen molar-refractivity contribution in [2.24, 2.45) is 0 Å². The number of nitrogens with zero attached hydrogens (tertiary/aromatic N) is 1. The highest BCUT2D eigenvalue weighted by Crippen LogP contribution is 2.30. The fraction of sp³-hybridized carbons (Fsp3) is 0.312. The number of rotatable bonds is 3. The van der Waals surface area contributed by atoms with Gasteiger partial charge < -0.3 is 5.32 Å². The summed E-state index contributed by atoms with van der Waals surface area (Å²) in [7, 11) is -2.28. The Morgan fingerprint density at radius 2 is 1.96 bits per heavy atom. The number of carbonyl (C=O) groups is 1. The van der Waals surface area contributed by atoms with Crippen molar-refractivity contribution in [3.05, 3.63) is 52.7 Å². The van der Waals surface area contributed by atoms with Gasteiger partial charge in [0.15, 0.2) is 0 Å². The zero-order valence-corrected chi connectivity index (χ0v) is 14.1. The molecule has 1 aliphatic heterocycles. The third kappa shape index (κ3) is 3.84. The molecule has 1 aromatic heterocycles. The Labute approximate surface area is 146 Å². The molecule has 1 aromatic carbocycles. The molecule has 0 saturated carbocycles. The summed E-state index contributed by atoms with van der Waals surface area (Å²) in [5, 5.41) is 4.67. The Bertz CT molecular complexity index is 776. The Balaban J connectivity index is 0.00000208. The van der Waals surface area contributed by atoms with Gasteiger partial charge in [0.2, 0.25) is 5.91 Å². The van der Waals surface area contributed by atoms with Crippen molar-refractivity contribution in [1.29, 1.82) is 0 Å². The minimum absolute atomic E-state index is 0. The second kappa shape index (κ2) is 7.43. The van der Waals surface area contributed by atoms with E-state index in [4.69, 9.17) is 0 Å². The SMILES string of the molecule is C.CN1C(C(=O)Nc2ccccc2)CC(c2cccs2)NS1(=O)=O. The predicted octanol–water partition coefficient (Wildman–Crippen LogP) is 2.60. The predicted molar refractivity (Wildman–Crippen MR) is 97.1 cm³/mol. The molecular formula is C16H21N3O3S2. The molecule has 2 N–H and O–H groups in total. The van der Waals surface area contributed by atoms with Crippen LogP contribution in [0.5, 0.6) is 0 Å². The van der Waals surface area contributed by atoms with Crippen molar-refractivity contribution in [1.82, 2.24) is 9.03 Å². The fourth-order valence-corrected chi connectivity index (χ4v) is 4.66. The van der Waals surface area contributed by atoms with Crippen LogP contribution in [-0.4, -0.2) is 31.7 Å². The van der Waals surface area contributed by atoms with E-state index in [0.29, 0.717) is 12.1 Å². The highest BCUT2D eigenvalue weighted by molar-refractivity contribution is 7.87. The van der Waals surface area contributed by atoms with Crippen LogP contribution < -0.4 is 10.0 Å². The smallest absolute Gasteiger partial charge is 0.280 e. The summed E-state index contributed by atoms with van der Waals surface area (Å²) in [5.41, 5.74) is 0.648. The zero-order chi connectivity index (χ0) is 16.4. The van der Waals surface area contributed by atoms with Gasteiger partial charge in [0, 0.05) is 17.6 Å². The number of hydrogen-bond donors (Lipinski definition) is 2. The third-order valence-corrected chi connectivity index (χ3v) is 6.38. The Morgan fingerprint density at radius 1 is 1.25 bits per heavy atom. The lowest BCUT2D eigenvalue weighted by molar-refractivity contribution is -0.120. The molecule has 1 amide bonds. The van der Waals surface area contributed by atoms with E-state index in [2.05, 4.69) is 10.0 Å². The number of likely N-dealkylation sites (N-methyl/N-ethyl adjacent to an activating group) is 1. The molecule has 6 nitrogen and oxygen atoms in total. The number of para-hydroxylation sites is 1. The molecule has 0 aliphatic carbocycles. The normalized spacial score (nSPS) is 23.2. The first-order valence-electron chi connectivity index (χ1n) is 7.12. The summed E-state index contributed by atoms with van der Waals surface area (Å²) in [6.07, 6.45) is 0.384. The molecule has 2 atom stereocenters. The van der Waals surface area contributed by atoms with E-state index in [1.54, 1.807) is 12.1 Å². The largest absolute Gasteiger partial charge is 0.325 e.